The largest absolute Gasteiger partial charge is 0.465 e. The Labute approximate surface area is 207 Å². The lowest BCUT2D eigenvalue weighted by Crippen LogP contribution is -2.23. The molecule has 0 spiro atoms. The summed E-state index contributed by atoms with van der Waals surface area (Å²) in [6, 6.07) is 15.3. The average Bonchev–Trinajstić information content (AvgIpc) is 3.60. The standard InChI is InChI=1S/C26H26N2O4S2/c1-15-7-9-17(10-8-15)21-14-33-25(22(21)26(31)32-3)28-23(29)16(2)34-20-6-4-5-19(13-20)27-24(30)18-11-12-18/h4-10,13-14,16,18H,11-12H2,1-3H3,(H,27,30)(H,28,29). The quantitative estimate of drug-likeness (QED) is 0.297. The molecule has 0 saturated heterocycles. The molecule has 34 heavy (non-hydrogen) atoms. The average molecular weight is 495 g/mol. The molecule has 1 fully saturated rings. The van der Waals surface area contributed by atoms with E-state index in [-0.39, 0.29) is 17.7 Å². The number of hydrogen-bond donors (Lipinski definition) is 2. The number of carbonyl (C=O) groups is 3. The zero-order valence-corrected chi connectivity index (χ0v) is 20.8. The summed E-state index contributed by atoms with van der Waals surface area (Å²) in [5.74, 6) is -0.544. The molecule has 1 heterocycles. The van der Waals surface area contributed by atoms with Gasteiger partial charge in [-0.2, -0.15) is 0 Å². The van der Waals surface area contributed by atoms with Crippen LogP contribution in [0.15, 0.2) is 58.8 Å². The third-order valence-electron chi connectivity index (χ3n) is 5.51. The van der Waals surface area contributed by atoms with Crippen molar-refractivity contribution in [2.24, 2.45) is 5.92 Å². The van der Waals surface area contributed by atoms with Gasteiger partial charge >= 0.3 is 5.97 Å². The second-order valence-corrected chi connectivity index (χ2v) is 10.5. The molecule has 4 rings (SSSR count). The molecule has 1 saturated carbocycles. The molecule has 1 aliphatic carbocycles. The van der Waals surface area contributed by atoms with Crippen LogP contribution in [0.1, 0.15) is 35.7 Å². The molecule has 2 amide bonds. The van der Waals surface area contributed by atoms with E-state index in [9.17, 15) is 14.4 Å². The van der Waals surface area contributed by atoms with Crippen LogP contribution in [-0.4, -0.2) is 30.1 Å². The number of nitrogens with one attached hydrogen (secondary N) is 2. The summed E-state index contributed by atoms with van der Waals surface area (Å²) < 4.78 is 5.00. The first kappa shape index (κ1) is 24.0. The fourth-order valence-corrected chi connectivity index (χ4v) is 5.30. The van der Waals surface area contributed by atoms with Crippen LogP contribution >= 0.6 is 23.1 Å². The van der Waals surface area contributed by atoms with E-state index < -0.39 is 11.2 Å². The number of amides is 2. The number of methoxy groups -OCH3 is 1. The molecule has 0 radical (unpaired) electrons. The second-order valence-electron chi connectivity index (χ2n) is 8.25. The molecule has 1 aliphatic rings. The number of carbonyl (C=O) groups excluding carboxylic acids is 3. The van der Waals surface area contributed by atoms with Crippen LogP contribution in [0, 0.1) is 12.8 Å². The molecule has 2 aromatic carbocycles. The monoisotopic (exact) mass is 494 g/mol. The van der Waals surface area contributed by atoms with E-state index in [1.165, 1.54) is 30.2 Å². The van der Waals surface area contributed by atoms with E-state index in [1.807, 2.05) is 67.8 Å². The van der Waals surface area contributed by atoms with Crippen LogP contribution in [0.25, 0.3) is 11.1 Å². The number of ether oxygens (including phenoxy) is 1. The summed E-state index contributed by atoms with van der Waals surface area (Å²) in [4.78, 5) is 38.5. The van der Waals surface area contributed by atoms with Crippen LogP contribution in [0.4, 0.5) is 10.7 Å². The number of hydrogen-bond acceptors (Lipinski definition) is 6. The zero-order valence-electron chi connectivity index (χ0n) is 19.2. The van der Waals surface area contributed by atoms with Gasteiger partial charge in [0.15, 0.2) is 0 Å². The van der Waals surface area contributed by atoms with Gasteiger partial charge in [-0.3, -0.25) is 9.59 Å². The molecular formula is C26H26N2O4S2. The van der Waals surface area contributed by atoms with Gasteiger partial charge in [-0.25, -0.2) is 4.79 Å². The maximum Gasteiger partial charge on any atom is 0.341 e. The molecule has 6 nitrogen and oxygen atoms in total. The lowest BCUT2D eigenvalue weighted by Gasteiger charge is -2.13. The number of rotatable bonds is 8. The van der Waals surface area contributed by atoms with Crippen LogP contribution in [-0.2, 0) is 14.3 Å². The number of thioether (sulfide) groups is 1. The van der Waals surface area contributed by atoms with E-state index in [1.54, 1.807) is 0 Å². The van der Waals surface area contributed by atoms with Gasteiger partial charge in [-0.15, -0.1) is 23.1 Å². The predicted octanol–water partition coefficient (Wildman–Crippen LogP) is 5.98. The molecule has 0 bridgehead atoms. The highest BCUT2D eigenvalue weighted by atomic mass is 32.2. The molecule has 1 atom stereocenters. The van der Waals surface area contributed by atoms with E-state index in [4.69, 9.17) is 4.74 Å². The molecule has 2 N–H and O–H groups in total. The number of anilines is 2. The Kier molecular flexibility index (Phi) is 7.38. The lowest BCUT2D eigenvalue weighted by molar-refractivity contribution is -0.117. The van der Waals surface area contributed by atoms with Gasteiger partial charge in [0.05, 0.1) is 12.4 Å². The Morgan fingerprint density at radius 3 is 2.50 bits per heavy atom. The number of benzene rings is 2. The summed E-state index contributed by atoms with van der Waals surface area (Å²) in [5.41, 5.74) is 3.81. The van der Waals surface area contributed by atoms with Gasteiger partial charge in [0.2, 0.25) is 11.8 Å². The summed E-state index contributed by atoms with van der Waals surface area (Å²) in [5, 5.41) is 7.73. The fraction of sp³-hybridized carbons (Fsp3) is 0.269. The molecule has 0 aliphatic heterocycles. The third-order valence-corrected chi connectivity index (χ3v) is 7.50. The van der Waals surface area contributed by atoms with Crippen LogP contribution in [0.3, 0.4) is 0 Å². The van der Waals surface area contributed by atoms with Gasteiger partial charge in [0, 0.05) is 27.4 Å². The zero-order chi connectivity index (χ0) is 24.2. The first-order valence-electron chi connectivity index (χ1n) is 11.0. The molecule has 176 valence electrons. The summed E-state index contributed by atoms with van der Waals surface area (Å²) in [6.45, 7) is 3.81. The molecular weight excluding hydrogens is 468 g/mol. The minimum absolute atomic E-state index is 0.0466. The predicted molar refractivity (Wildman–Crippen MR) is 138 cm³/mol. The third kappa shape index (κ3) is 5.69. The Morgan fingerprint density at radius 1 is 1.09 bits per heavy atom. The summed E-state index contributed by atoms with van der Waals surface area (Å²) in [6.07, 6.45) is 1.89. The van der Waals surface area contributed by atoms with Crippen LogP contribution in [0.5, 0.6) is 0 Å². The van der Waals surface area contributed by atoms with E-state index in [0.29, 0.717) is 10.6 Å². The van der Waals surface area contributed by atoms with Crippen molar-refractivity contribution in [1.82, 2.24) is 0 Å². The van der Waals surface area contributed by atoms with Crippen molar-refractivity contribution >= 4 is 51.6 Å². The van der Waals surface area contributed by atoms with Crippen LogP contribution < -0.4 is 10.6 Å². The first-order chi connectivity index (χ1) is 16.4. The van der Waals surface area contributed by atoms with Gasteiger partial charge in [0.25, 0.3) is 0 Å². The van der Waals surface area contributed by atoms with Gasteiger partial charge in [-0.05, 0) is 50.5 Å². The van der Waals surface area contributed by atoms with Gasteiger partial charge < -0.3 is 15.4 Å². The molecule has 1 aromatic heterocycles. The molecule has 3 aromatic rings. The first-order valence-corrected chi connectivity index (χ1v) is 12.8. The minimum atomic E-state index is -0.494. The highest BCUT2D eigenvalue weighted by molar-refractivity contribution is 8.00. The highest BCUT2D eigenvalue weighted by Crippen LogP contribution is 2.37. The minimum Gasteiger partial charge on any atom is -0.465 e. The van der Waals surface area contributed by atoms with Crippen molar-refractivity contribution in [2.75, 3.05) is 17.7 Å². The highest BCUT2D eigenvalue weighted by Gasteiger charge is 2.29. The van der Waals surface area contributed by atoms with E-state index in [2.05, 4.69) is 10.6 Å². The maximum absolute atomic E-state index is 13.0. The fourth-order valence-electron chi connectivity index (χ4n) is 3.41. The Morgan fingerprint density at radius 2 is 1.82 bits per heavy atom. The van der Waals surface area contributed by atoms with E-state index >= 15 is 0 Å². The molecule has 1 unspecified atom stereocenters. The second kappa shape index (κ2) is 10.4. The Bertz CT molecular complexity index is 1220. The van der Waals surface area contributed by atoms with Crippen molar-refractivity contribution < 1.29 is 19.1 Å². The smallest absolute Gasteiger partial charge is 0.341 e. The van der Waals surface area contributed by atoms with Gasteiger partial charge in [0.1, 0.15) is 10.6 Å². The number of thiophene rings is 1. The Balaban J connectivity index is 1.47. The number of aryl methyl sites for hydroxylation is 1. The Hall–Kier alpha value is -3.10. The van der Waals surface area contributed by atoms with Gasteiger partial charge in [-0.1, -0.05) is 35.9 Å². The maximum atomic E-state index is 13.0. The summed E-state index contributed by atoms with van der Waals surface area (Å²) in [7, 11) is 1.33. The van der Waals surface area contributed by atoms with E-state index in [0.717, 1.165) is 40.1 Å². The lowest BCUT2D eigenvalue weighted by atomic mass is 10.0. The van der Waals surface area contributed by atoms with Crippen molar-refractivity contribution in [1.29, 1.82) is 0 Å². The normalized spacial score (nSPS) is 13.7. The van der Waals surface area contributed by atoms with Crippen molar-refractivity contribution in [3.8, 4) is 11.1 Å². The number of esters is 1. The SMILES string of the molecule is COC(=O)c1c(-c2ccc(C)cc2)csc1NC(=O)C(C)Sc1cccc(NC(=O)C2CC2)c1. The summed E-state index contributed by atoms with van der Waals surface area (Å²) >= 11 is 2.69. The topological polar surface area (TPSA) is 84.5 Å². The van der Waals surface area contributed by atoms with Crippen molar-refractivity contribution in [2.45, 2.75) is 36.8 Å². The van der Waals surface area contributed by atoms with Crippen LogP contribution in [0.2, 0.25) is 0 Å². The molecule has 8 heteroatoms. The van der Waals surface area contributed by atoms with Crippen molar-refractivity contribution in [3.63, 3.8) is 0 Å². The van der Waals surface area contributed by atoms with Crippen molar-refractivity contribution in [3.05, 3.63) is 65.0 Å².